The molecule has 0 unspecified atom stereocenters. The van der Waals surface area contributed by atoms with Crippen molar-refractivity contribution in [2.75, 3.05) is 51.8 Å². The van der Waals surface area contributed by atoms with Crippen LogP contribution in [0.2, 0.25) is 0 Å². The maximum atomic E-state index is 11.6. The summed E-state index contributed by atoms with van der Waals surface area (Å²) in [4.78, 5) is 26.1. The van der Waals surface area contributed by atoms with Crippen LogP contribution in [0.15, 0.2) is 48.2 Å². The van der Waals surface area contributed by atoms with Gasteiger partial charge in [-0.25, -0.2) is 9.78 Å². The normalized spacial score (nSPS) is 17.2. The first-order chi connectivity index (χ1) is 16.4. The van der Waals surface area contributed by atoms with Gasteiger partial charge in [-0.1, -0.05) is 12.1 Å². The van der Waals surface area contributed by atoms with Crippen LogP contribution in [-0.2, 0) is 11.3 Å². The fraction of sp³-hybridized carbons (Fsp3) is 0.320. The number of anilines is 1. The van der Waals surface area contributed by atoms with Crippen molar-refractivity contribution in [1.82, 2.24) is 19.8 Å². The first-order valence-corrected chi connectivity index (χ1v) is 11.3. The Morgan fingerprint density at radius 1 is 1.15 bits per heavy atom. The van der Waals surface area contributed by atoms with Crippen LogP contribution in [0.3, 0.4) is 0 Å². The molecule has 3 heterocycles. The number of aromatic nitrogens is 2. The fourth-order valence-electron chi connectivity index (χ4n) is 4.48. The molecule has 5 rings (SSSR count). The van der Waals surface area contributed by atoms with Gasteiger partial charge in [-0.15, -0.1) is 0 Å². The van der Waals surface area contributed by atoms with Crippen molar-refractivity contribution in [2.24, 2.45) is 0 Å². The average molecular weight is 461 g/mol. The number of H-pyrrole nitrogens is 1. The van der Waals surface area contributed by atoms with Crippen molar-refractivity contribution >= 4 is 34.1 Å². The van der Waals surface area contributed by atoms with Crippen LogP contribution in [0.5, 0.6) is 0 Å². The SMILES string of the molecule is COC(=O)c1ccc(CN2CC(O)=C(c3nc4ccc(N5CCN(C)CC5)cc4[nH]3)C2=N)cc1. The van der Waals surface area contributed by atoms with E-state index in [2.05, 4.69) is 38.9 Å². The van der Waals surface area contributed by atoms with Crippen LogP contribution in [0.4, 0.5) is 5.69 Å². The maximum Gasteiger partial charge on any atom is 0.337 e. The number of imidazole rings is 1. The van der Waals surface area contributed by atoms with Crippen LogP contribution in [-0.4, -0.2) is 83.6 Å². The van der Waals surface area contributed by atoms with Crippen molar-refractivity contribution in [3.8, 4) is 0 Å². The van der Waals surface area contributed by atoms with Crippen molar-refractivity contribution < 1.29 is 14.6 Å². The summed E-state index contributed by atoms with van der Waals surface area (Å²) in [6.07, 6.45) is 0. The number of esters is 1. The molecule has 9 nitrogen and oxygen atoms in total. The monoisotopic (exact) mass is 460 g/mol. The Hall–Kier alpha value is -3.85. The second-order valence-electron chi connectivity index (χ2n) is 8.79. The molecule has 176 valence electrons. The second kappa shape index (κ2) is 8.83. The Morgan fingerprint density at radius 3 is 2.59 bits per heavy atom. The molecule has 2 aromatic carbocycles. The number of methoxy groups -OCH3 is 1. The van der Waals surface area contributed by atoms with E-state index in [9.17, 15) is 9.90 Å². The van der Waals surface area contributed by atoms with Gasteiger partial charge in [0, 0.05) is 38.4 Å². The van der Waals surface area contributed by atoms with Crippen molar-refractivity contribution in [1.29, 1.82) is 5.41 Å². The highest BCUT2D eigenvalue weighted by Crippen LogP contribution is 2.29. The number of rotatable bonds is 5. The average Bonchev–Trinajstić information content (AvgIpc) is 3.38. The molecule has 3 N–H and O–H groups in total. The molecule has 0 bridgehead atoms. The van der Waals surface area contributed by atoms with Gasteiger partial charge >= 0.3 is 5.97 Å². The number of aliphatic hydroxyl groups excluding tert-OH is 1. The Morgan fingerprint density at radius 2 is 1.88 bits per heavy atom. The molecular formula is C25H28N6O3. The molecule has 0 spiro atoms. The van der Waals surface area contributed by atoms with E-state index in [0.29, 0.717) is 23.5 Å². The van der Waals surface area contributed by atoms with Crippen molar-refractivity contribution in [3.05, 3.63) is 65.2 Å². The van der Waals surface area contributed by atoms with E-state index < -0.39 is 0 Å². The summed E-state index contributed by atoms with van der Waals surface area (Å²) in [5.41, 5.74) is 4.65. The molecule has 1 fully saturated rings. The summed E-state index contributed by atoms with van der Waals surface area (Å²) >= 11 is 0. The Kier molecular flexibility index (Phi) is 5.70. The van der Waals surface area contributed by atoms with E-state index in [1.54, 1.807) is 17.0 Å². The van der Waals surface area contributed by atoms with Crippen LogP contribution in [0, 0.1) is 5.41 Å². The highest BCUT2D eigenvalue weighted by atomic mass is 16.5. The van der Waals surface area contributed by atoms with Gasteiger partial charge in [-0.05, 0) is 42.9 Å². The number of hydrogen-bond acceptors (Lipinski definition) is 7. The molecule has 1 aromatic heterocycles. The van der Waals surface area contributed by atoms with Crippen LogP contribution in [0.1, 0.15) is 21.7 Å². The number of aliphatic hydroxyl groups is 1. The number of benzene rings is 2. The van der Waals surface area contributed by atoms with E-state index in [-0.39, 0.29) is 24.1 Å². The van der Waals surface area contributed by atoms with E-state index in [4.69, 9.17) is 10.1 Å². The van der Waals surface area contributed by atoms with Crippen LogP contribution >= 0.6 is 0 Å². The third-order valence-corrected chi connectivity index (χ3v) is 6.50. The fourth-order valence-corrected chi connectivity index (χ4v) is 4.48. The van der Waals surface area contributed by atoms with E-state index in [1.807, 2.05) is 18.2 Å². The zero-order valence-electron chi connectivity index (χ0n) is 19.3. The summed E-state index contributed by atoms with van der Waals surface area (Å²) < 4.78 is 4.74. The van der Waals surface area contributed by atoms with Crippen LogP contribution in [0.25, 0.3) is 16.6 Å². The van der Waals surface area contributed by atoms with Gasteiger partial charge in [0.25, 0.3) is 0 Å². The molecule has 2 aliphatic heterocycles. The van der Waals surface area contributed by atoms with Gasteiger partial charge in [0.2, 0.25) is 0 Å². The number of hydrogen-bond donors (Lipinski definition) is 3. The van der Waals surface area contributed by atoms with Gasteiger partial charge in [0.1, 0.15) is 17.4 Å². The number of piperazine rings is 1. The Labute approximate surface area is 197 Å². The number of nitrogens with one attached hydrogen (secondary N) is 2. The minimum Gasteiger partial charge on any atom is -0.510 e. The summed E-state index contributed by atoms with van der Waals surface area (Å²) in [5, 5.41) is 19.4. The van der Waals surface area contributed by atoms with Crippen molar-refractivity contribution in [3.63, 3.8) is 0 Å². The van der Waals surface area contributed by atoms with Gasteiger partial charge in [-0.2, -0.15) is 0 Å². The number of carbonyl (C=O) groups excluding carboxylic acids is 1. The Balaban J connectivity index is 1.33. The van der Waals surface area contributed by atoms with E-state index >= 15 is 0 Å². The molecule has 0 aliphatic carbocycles. The maximum absolute atomic E-state index is 11.6. The van der Waals surface area contributed by atoms with E-state index in [1.165, 1.54) is 7.11 Å². The smallest absolute Gasteiger partial charge is 0.337 e. The number of aromatic amines is 1. The molecule has 0 amide bonds. The number of likely N-dealkylation sites (N-methyl/N-ethyl adjacent to an activating group) is 1. The molecule has 9 heteroatoms. The summed E-state index contributed by atoms with van der Waals surface area (Å²) in [7, 11) is 3.49. The zero-order chi connectivity index (χ0) is 23.8. The molecule has 0 saturated carbocycles. The lowest BCUT2D eigenvalue weighted by atomic mass is 10.1. The number of carbonyl (C=O) groups is 1. The first kappa shape index (κ1) is 22.0. The highest BCUT2D eigenvalue weighted by Gasteiger charge is 2.30. The molecule has 34 heavy (non-hydrogen) atoms. The minimum absolute atomic E-state index is 0.120. The number of fused-ring (bicyclic) bond motifs is 1. The second-order valence-corrected chi connectivity index (χ2v) is 8.79. The standard InChI is InChI=1S/C25H28N6O3/c1-29-9-11-30(12-10-29)18-7-8-19-20(13-18)28-24(27-19)22-21(32)15-31(23(22)26)14-16-3-5-17(6-4-16)25(33)34-2/h3-8,13,26,32H,9-12,14-15H2,1-2H3,(H,27,28). The topological polar surface area (TPSA) is 109 Å². The number of amidine groups is 1. The summed E-state index contributed by atoms with van der Waals surface area (Å²) in [5.74, 6) is 0.446. The van der Waals surface area contributed by atoms with Gasteiger partial charge in [0.15, 0.2) is 0 Å². The molecule has 1 saturated heterocycles. The quantitative estimate of drug-likeness (QED) is 0.503. The van der Waals surface area contributed by atoms with E-state index in [0.717, 1.165) is 48.5 Å². The molecular weight excluding hydrogens is 432 g/mol. The zero-order valence-corrected chi connectivity index (χ0v) is 19.3. The van der Waals surface area contributed by atoms with Crippen LogP contribution < -0.4 is 4.90 Å². The lowest BCUT2D eigenvalue weighted by molar-refractivity contribution is 0.0600. The van der Waals surface area contributed by atoms with Gasteiger partial charge < -0.3 is 29.5 Å². The minimum atomic E-state index is -0.386. The Bertz CT molecular complexity index is 1270. The lowest BCUT2D eigenvalue weighted by Crippen LogP contribution is -2.44. The first-order valence-electron chi connectivity index (χ1n) is 11.3. The summed E-state index contributed by atoms with van der Waals surface area (Å²) in [6, 6.07) is 13.2. The molecule has 0 atom stereocenters. The summed E-state index contributed by atoms with van der Waals surface area (Å²) in [6.45, 7) is 4.69. The third kappa shape index (κ3) is 4.10. The predicted octanol–water partition coefficient (Wildman–Crippen LogP) is 2.86. The largest absolute Gasteiger partial charge is 0.510 e. The number of nitrogens with zero attached hydrogens (tertiary/aromatic N) is 4. The van der Waals surface area contributed by atoms with Gasteiger partial charge in [0.05, 0.1) is 35.8 Å². The molecule has 3 aromatic rings. The van der Waals surface area contributed by atoms with Crippen molar-refractivity contribution in [2.45, 2.75) is 6.54 Å². The molecule has 2 aliphatic rings. The predicted molar refractivity (Wildman–Crippen MR) is 131 cm³/mol. The van der Waals surface area contributed by atoms with Gasteiger partial charge in [-0.3, -0.25) is 5.41 Å². The highest BCUT2D eigenvalue weighted by molar-refractivity contribution is 6.23. The third-order valence-electron chi connectivity index (χ3n) is 6.50. The lowest BCUT2D eigenvalue weighted by Gasteiger charge is -2.34. The number of ether oxygens (including phenoxy) is 1. The molecule has 0 radical (unpaired) electrons.